The first-order chi connectivity index (χ1) is 10.2. The molecule has 21 heavy (non-hydrogen) atoms. The summed E-state index contributed by atoms with van der Waals surface area (Å²) >= 11 is 0. The smallest absolute Gasteiger partial charge is 0.133 e. The Morgan fingerprint density at radius 2 is 2.14 bits per heavy atom. The van der Waals surface area contributed by atoms with E-state index in [0.29, 0.717) is 19.6 Å². The van der Waals surface area contributed by atoms with E-state index in [-0.39, 0.29) is 0 Å². The highest BCUT2D eigenvalue weighted by molar-refractivity contribution is 5.60. The first kappa shape index (κ1) is 15.4. The molecule has 0 fully saturated rings. The van der Waals surface area contributed by atoms with E-state index in [1.54, 1.807) is 4.68 Å². The molecule has 0 bridgehead atoms. The van der Waals surface area contributed by atoms with Crippen molar-refractivity contribution in [3.8, 4) is 11.3 Å². The third-order valence-corrected chi connectivity index (χ3v) is 3.00. The molecular formula is C15H23N5O. The van der Waals surface area contributed by atoms with Gasteiger partial charge < -0.3 is 10.1 Å². The summed E-state index contributed by atoms with van der Waals surface area (Å²) in [5, 5.41) is 7.52. The Hall–Kier alpha value is -1.95. The number of rotatable bonds is 8. The number of ether oxygens (including phenoxy) is 1. The number of hydrogen-bond donors (Lipinski definition) is 1. The van der Waals surface area contributed by atoms with Gasteiger partial charge in [0.05, 0.1) is 18.5 Å². The Bertz CT molecular complexity index is 567. The molecule has 2 heterocycles. The molecule has 6 nitrogen and oxygen atoms in total. The fourth-order valence-electron chi connectivity index (χ4n) is 1.96. The summed E-state index contributed by atoms with van der Waals surface area (Å²) in [7, 11) is 1.90. The Morgan fingerprint density at radius 3 is 2.81 bits per heavy atom. The third-order valence-electron chi connectivity index (χ3n) is 3.00. The molecule has 0 amide bonds. The predicted molar refractivity (Wildman–Crippen MR) is 83.2 cm³/mol. The molecule has 0 aliphatic heterocycles. The van der Waals surface area contributed by atoms with Crippen molar-refractivity contribution in [2.75, 3.05) is 25.1 Å². The number of nitrogens with zero attached hydrogens (tertiary/aromatic N) is 4. The van der Waals surface area contributed by atoms with E-state index in [0.717, 1.165) is 35.9 Å². The second-order valence-electron chi connectivity index (χ2n) is 4.83. The molecule has 2 aromatic rings. The zero-order valence-electron chi connectivity index (χ0n) is 13.0. The lowest BCUT2D eigenvalue weighted by Crippen LogP contribution is -2.08. The fourth-order valence-corrected chi connectivity index (χ4v) is 1.96. The van der Waals surface area contributed by atoms with E-state index >= 15 is 0 Å². The molecule has 2 aromatic heterocycles. The highest BCUT2D eigenvalue weighted by Gasteiger charge is 2.08. The summed E-state index contributed by atoms with van der Waals surface area (Å²) in [6.45, 7) is 6.37. The second-order valence-corrected chi connectivity index (χ2v) is 4.83. The minimum absolute atomic E-state index is 0.639. The summed E-state index contributed by atoms with van der Waals surface area (Å²) in [5.41, 5.74) is 1.89. The van der Waals surface area contributed by atoms with Crippen LogP contribution in [0.25, 0.3) is 11.3 Å². The summed E-state index contributed by atoms with van der Waals surface area (Å²) in [6.07, 6.45) is 5.54. The van der Waals surface area contributed by atoms with Gasteiger partial charge in [0.2, 0.25) is 0 Å². The summed E-state index contributed by atoms with van der Waals surface area (Å²) in [4.78, 5) is 9.16. The molecule has 0 unspecified atom stereocenters. The van der Waals surface area contributed by atoms with Gasteiger partial charge in [-0.1, -0.05) is 6.92 Å². The molecule has 0 aliphatic rings. The van der Waals surface area contributed by atoms with Gasteiger partial charge in [0.1, 0.15) is 11.6 Å². The van der Waals surface area contributed by atoms with E-state index in [4.69, 9.17) is 4.74 Å². The third kappa shape index (κ3) is 4.53. The van der Waals surface area contributed by atoms with Gasteiger partial charge in [-0.25, -0.2) is 9.97 Å². The second kappa shape index (κ2) is 7.73. The Labute approximate surface area is 125 Å². The Morgan fingerprint density at radius 1 is 1.29 bits per heavy atom. The van der Waals surface area contributed by atoms with Crippen LogP contribution in [0.3, 0.4) is 0 Å². The van der Waals surface area contributed by atoms with Gasteiger partial charge in [-0.2, -0.15) is 5.10 Å². The van der Waals surface area contributed by atoms with Gasteiger partial charge in [-0.3, -0.25) is 4.68 Å². The molecule has 0 radical (unpaired) electrons. The average Bonchev–Trinajstić information content (AvgIpc) is 2.92. The lowest BCUT2D eigenvalue weighted by Gasteiger charge is -2.09. The van der Waals surface area contributed by atoms with Gasteiger partial charge in [0, 0.05) is 44.4 Å². The van der Waals surface area contributed by atoms with Gasteiger partial charge in [0.15, 0.2) is 0 Å². The van der Waals surface area contributed by atoms with Crippen LogP contribution in [-0.2, 0) is 18.2 Å². The van der Waals surface area contributed by atoms with Gasteiger partial charge >= 0.3 is 0 Å². The SMILES string of the molecule is CCCNc1cc(-c2cnn(C)c2)nc(CCOCC)n1. The number of nitrogens with one attached hydrogen (secondary N) is 1. The van der Waals surface area contributed by atoms with E-state index in [1.807, 2.05) is 32.4 Å². The lowest BCUT2D eigenvalue weighted by atomic mass is 10.2. The van der Waals surface area contributed by atoms with Crippen LogP contribution in [-0.4, -0.2) is 39.5 Å². The minimum atomic E-state index is 0.639. The fraction of sp³-hybridized carbons (Fsp3) is 0.533. The van der Waals surface area contributed by atoms with Crippen molar-refractivity contribution < 1.29 is 4.74 Å². The molecule has 0 aliphatic carbocycles. The van der Waals surface area contributed by atoms with Crippen LogP contribution in [0, 0.1) is 0 Å². The molecule has 0 aromatic carbocycles. The van der Waals surface area contributed by atoms with Crippen LogP contribution >= 0.6 is 0 Å². The van der Waals surface area contributed by atoms with Crippen LogP contribution in [0.1, 0.15) is 26.1 Å². The standard InChI is InChI=1S/C15H23N5O/c1-4-7-16-15-9-13(12-10-17-20(3)11-12)18-14(19-15)6-8-21-5-2/h9-11H,4-8H2,1-3H3,(H,16,18,19). The van der Waals surface area contributed by atoms with E-state index in [1.165, 1.54) is 0 Å². The van der Waals surface area contributed by atoms with E-state index in [9.17, 15) is 0 Å². The number of aromatic nitrogens is 4. The molecular weight excluding hydrogens is 266 g/mol. The number of aryl methyl sites for hydroxylation is 1. The first-order valence-electron chi connectivity index (χ1n) is 7.41. The molecule has 0 spiro atoms. The topological polar surface area (TPSA) is 64.9 Å². The predicted octanol–water partition coefficient (Wildman–Crippen LogP) is 2.28. The highest BCUT2D eigenvalue weighted by Crippen LogP contribution is 2.19. The van der Waals surface area contributed by atoms with Gasteiger partial charge in [0.25, 0.3) is 0 Å². The normalized spacial score (nSPS) is 10.8. The van der Waals surface area contributed by atoms with Crippen LogP contribution in [0.4, 0.5) is 5.82 Å². The molecule has 6 heteroatoms. The molecule has 0 saturated carbocycles. The molecule has 0 saturated heterocycles. The maximum atomic E-state index is 5.39. The quantitative estimate of drug-likeness (QED) is 0.755. The minimum Gasteiger partial charge on any atom is -0.381 e. The van der Waals surface area contributed by atoms with Crippen molar-refractivity contribution in [3.05, 3.63) is 24.3 Å². The Kier molecular flexibility index (Phi) is 5.68. The highest BCUT2D eigenvalue weighted by atomic mass is 16.5. The molecule has 1 N–H and O–H groups in total. The lowest BCUT2D eigenvalue weighted by molar-refractivity contribution is 0.149. The van der Waals surface area contributed by atoms with Crippen LogP contribution in [0.15, 0.2) is 18.5 Å². The molecule has 114 valence electrons. The van der Waals surface area contributed by atoms with Crippen LogP contribution in [0.2, 0.25) is 0 Å². The average molecular weight is 289 g/mol. The maximum Gasteiger partial charge on any atom is 0.133 e. The zero-order valence-corrected chi connectivity index (χ0v) is 13.0. The summed E-state index contributed by atoms with van der Waals surface area (Å²) in [5.74, 6) is 1.65. The van der Waals surface area contributed by atoms with Crippen LogP contribution < -0.4 is 5.32 Å². The van der Waals surface area contributed by atoms with Crippen molar-refractivity contribution in [1.29, 1.82) is 0 Å². The number of anilines is 1. The zero-order chi connectivity index (χ0) is 15.1. The first-order valence-corrected chi connectivity index (χ1v) is 7.41. The van der Waals surface area contributed by atoms with Crippen molar-refractivity contribution in [2.45, 2.75) is 26.7 Å². The summed E-state index contributed by atoms with van der Waals surface area (Å²) < 4.78 is 7.17. The van der Waals surface area contributed by atoms with Crippen molar-refractivity contribution in [2.24, 2.45) is 7.05 Å². The monoisotopic (exact) mass is 289 g/mol. The summed E-state index contributed by atoms with van der Waals surface area (Å²) in [6, 6.07) is 1.97. The van der Waals surface area contributed by atoms with Crippen molar-refractivity contribution >= 4 is 5.82 Å². The Balaban J connectivity index is 2.23. The molecule has 2 rings (SSSR count). The van der Waals surface area contributed by atoms with Crippen molar-refractivity contribution in [1.82, 2.24) is 19.7 Å². The largest absolute Gasteiger partial charge is 0.381 e. The molecule has 0 atom stereocenters. The van der Waals surface area contributed by atoms with Gasteiger partial charge in [-0.15, -0.1) is 0 Å². The van der Waals surface area contributed by atoms with Gasteiger partial charge in [-0.05, 0) is 13.3 Å². The van der Waals surface area contributed by atoms with Crippen LogP contribution in [0.5, 0.6) is 0 Å². The van der Waals surface area contributed by atoms with Crippen molar-refractivity contribution in [3.63, 3.8) is 0 Å². The van der Waals surface area contributed by atoms with E-state index < -0.39 is 0 Å². The van der Waals surface area contributed by atoms with E-state index in [2.05, 4.69) is 27.3 Å². The number of hydrogen-bond acceptors (Lipinski definition) is 5. The maximum absolute atomic E-state index is 5.39.